The van der Waals surface area contributed by atoms with E-state index in [9.17, 15) is 0 Å². The third kappa shape index (κ3) is 3.72. The zero-order chi connectivity index (χ0) is 33.9. The number of fused-ring (bicyclic) bond motifs is 12. The zero-order valence-corrected chi connectivity index (χ0v) is 27.5. The fourth-order valence-corrected chi connectivity index (χ4v) is 8.12. The molecule has 242 valence electrons. The molecule has 0 aliphatic rings. The number of furan rings is 3. The third-order valence-corrected chi connectivity index (χ3v) is 10.4. The van der Waals surface area contributed by atoms with E-state index in [4.69, 9.17) is 23.2 Å². The van der Waals surface area contributed by atoms with Crippen molar-refractivity contribution in [1.82, 2.24) is 14.5 Å². The van der Waals surface area contributed by atoms with Gasteiger partial charge in [0, 0.05) is 55.0 Å². The van der Waals surface area contributed by atoms with Crippen molar-refractivity contribution in [3.63, 3.8) is 0 Å². The van der Waals surface area contributed by atoms with Gasteiger partial charge in [-0.05, 0) is 48.5 Å². The highest BCUT2D eigenvalue weighted by molar-refractivity contribution is 6.19. The van der Waals surface area contributed by atoms with E-state index in [1.807, 2.05) is 54.6 Å². The number of rotatable bonds is 3. The van der Waals surface area contributed by atoms with Crippen LogP contribution in [-0.2, 0) is 0 Å². The molecule has 7 aromatic carbocycles. The van der Waals surface area contributed by atoms with Gasteiger partial charge in [0.2, 0.25) is 0 Å². The molecule has 0 radical (unpaired) electrons. The number of nitrogens with zero attached hydrogens (tertiary/aromatic N) is 3. The minimum absolute atomic E-state index is 0.551. The summed E-state index contributed by atoms with van der Waals surface area (Å²) in [6.45, 7) is 0. The van der Waals surface area contributed by atoms with Crippen LogP contribution in [0.1, 0.15) is 0 Å². The van der Waals surface area contributed by atoms with Gasteiger partial charge in [0.15, 0.2) is 11.4 Å². The monoisotopic (exact) mass is 667 g/mol. The highest BCUT2D eigenvalue weighted by Gasteiger charge is 2.25. The largest absolute Gasteiger partial charge is 0.455 e. The van der Waals surface area contributed by atoms with Crippen LogP contribution in [0.2, 0.25) is 0 Å². The summed E-state index contributed by atoms with van der Waals surface area (Å²) in [6.07, 6.45) is 0. The van der Waals surface area contributed by atoms with E-state index in [1.165, 1.54) is 0 Å². The number of hydrogen-bond donors (Lipinski definition) is 0. The predicted octanol–water partition coefficient (Wildman–Crippen LogP) is 12.6. The fourth-order valence-electron chi connectivity index (χ4n) is 8.12. The summed E-state index contributed by atoms with van der Waals surface area (Å²) in [6, 6.07) is 52.0. The van der Waals surface area contributed by atoms with Crippen LogP contribution in [-0.4, -0.2) is 14.5 Å². The Morgan fingerprint density at radius 3 is 1.73 bits per heavy atom. The van der Waals surface area contributed by atoms with Crippen LogP contribution in [0.4, 0.5) is 0 Å². The van der Waals surface area contributed by atoms with E-state index >= 15 is 0 Å². The van der Waals surface area contributed by atoms with Gasteiger partial charge in [-0.25, -0.2) is 9.97 Å². The quantitative estimate of drug-likeness (QED) is 0.188. The fraction of sp³-hybridized carbons (Fsp3) is 0. The van der Waals surface area contributed by atoms with E-state index in [-0.39, 0.29) is 0 Å². The standard InChI is InChI=1S/C46H25N3O3/c1-2-12-26(13-3-1)49-36-21-7-4-14-27(36)34-24-35-40(25-37(34)49)52-45-41(32-19-10-17-30-28-15-5-8-22-38(28)50-43(30)32)47-46(48-42(35)45)33-20-11-18-31-29-16-6-9-23-39(29)51-44(31)33/h1-25H. The van der Waals surface area contributed by atoms with Crippen LogP contribution in [0.25, 0.3) is 116 Å². The minimum atomic E-state index is 0.551. The molecule has 0 unspecified atom stereocenters. The molecule has 0 N–H and O–H groups in total. The zero-order valence-electron chi connectivity index (χ0n) is 27.5. The maximum atomic E-state index is 6.88. The summed E-state index contributed by atoms with van der Waals surface area (Å²) in [5.41, 5.74) is 10.8. The summed E-state index contributed by atoms with van der Waals surface area (Å²) < 4.78 is 22.2. The summed E-state index contributed by atoms with van der Waals surface area (Å²) in [7, 11) is 0. The molecule has 6 nitrogen and oxygen atoms in total. The molecule has 12 rings (SSSR count). The van der Waals surface area contributed by atoms with E-state index in [0.29, 0.717) is 17.1 Å². The van der Waals surface area contributed by atoms with Crippen molar-refractivity contribution in [2.75, 3.05) is 0 Å². The summed E-state index contributed by atoms with van der Waals surface area (Å²) in [5, 5.41) is 7.34. The Balaban J connectivity index is 1.22. The van der Waals surface area contributed by atoms with Crippen LogP contribution in [0.5, 0.6) is 0 Å². The van der Waals surface area contributed by atoms with Crippen molar-refractivity contribution in [3.8, 4) is 28.3 Å². The molecule has 12 aromatic rings. The molecule has 0 fully saturated rings. The van der Waals surface area contributed by atoms with Crippen molar-refractivity contribution < 1.29 is 13.3 Å². The van der Waals surface area contributed by atoms with Gasteiger partial charge >= 0.3 is 0 Å². The van der Waals surface area contributed by atoms with E-state index < -0.39 is 0 Å². The Labute approximate surface area is 294 Å². The Bertz CT molecular complexity index is 3420. The highest BCUT2D eigenvalue weighted by atomic mass is 16.3. The molecule has 0 aliphatic carbocycles. The van der Waals surface area contributed by atoms with Gasteiger partial charge in [-0.15, -0.1) is 0 Å². The molecule has 0 amide bonds. The average Bonchev–Trinajstić information content (AvgIpc) is 3.95. The van der Waals surface area contributed by atoms with Crippen molar-refractivity contribution in [1.29, 1.82) is 0 Å². The topological polar surface area (TPSA) is 70.1 Å². The smallest absolute Gasteiger partial charge is 0.180 e. The molecule has 5 heterocycles. The van der Waals surface area contributed by atoms with Gasteiger partial charge in [0.1, 0.15) is 39.1 Å². The lowest BCUT2D eigenvalue weighted by atomic mass is 10.0. The Morgan fingerprint density at radius 2 is 0.981 bits per heavy atom. The molecular weight excluding hydrogens is 643 g/mol. The molecule has 52 heavy (non-hydrogen) atoms. The first-order chi connectivity index (χ1) is 25.8. The Hall–Kier alpha value is -7.18. The van der Waals surface area contributed by atoms with E-state index in [2.05, 4.69) is 102 Å². The molecule has 0 saturated heterocycles. The van der Waals surface area contributed by atoms with E-state index in [1.54, 1.807) is 0 Å². The van der Waals surface area contributed by atoms with Gasteiger partial charge in [0.25, 0.3) is 0 Å². The van der Waals surface area contributed by atoms with Gasteiger partial charge in [-0.2, -0.15) is 0 Å². The van der Waals surface area contributed by atoms with Crippen LogP contribution in [0, 0.1) is 0 Å². The van der Waals surface area contributed by atoms with Crippen LogP contribution < -0.4 is 0 Å². The average molecular weight is 668 g/mol. The van der Waals surface area contributed by atoms with Crippen molar-refractivity contribution >= 4 is 87.8 Å². The summed E-state index contributed by atoms with van der Waals surface area (Å²) in [4.78, 5) is 10.6. The second-order valence-electron chi connectivity index (χ2n) is 13.3. The molecule has 5 aromatic heterocycles. The molecule has 0 spiro atoms. The van der Waals surface area contributed by atoms with E-state index in [0.717, 1.165) is 99.0 Å². The summed E-state index contributed by atoms with van der Waals surface area (Å²) >= 11 is 0. The SMILES string of the molecule is c1ccc(-n2c3ccccc3c3cc4c(cc32)oc2c(-c3cccc5c3oc3ccccc35)nc(-c3cccc5c3oc3ccccc35)nc24)cc1. The number of hydrogen-bond acceptors (Lipinski definition) is 5. The maximum Gasteiger partial charge on any atom is 0.180 e. The second-order valence-corrected chi connectivity index (χ2v) is 13.3. The second kappa shape index (κ2) is 10.2. The van der Waals surface area contributed by atoms with Gasteiger partial charge < -0.3 is 17.8 Å². The van der Waals surface area contributed by atoms with Crippen LogP contribution >= 0.6 is 0 Å². The van der Waals surface area contributed by atoms with Crippen LogP contribution in [0.3, 0.4) is 0 Å². The Morgan fingerprint density at radius 1 is 0.385 bits per heavy atom. The molecule has 6 heteroatoms. The first-order valence-electron chi connectivity index (χ1n) is 17.3. The number of aromatic nitrogens is 3. The predicted molar refractivity (Wildman–Crippen MR) is 209 cm³/mol. The van der Waals surface area contributed by atoms with Gasteiger partial charge in [-0.3, -0.25) is 0 Å². The van der Waals surface area contributed by atoms with Gasteiger partial charge in [0.05, 0.1) is 16.6 Å². The lowest BCUT2D eigenvalue weighted by Gasteiger charge is -2.07. The normalized spacial score (nSPS) is 12.2. The first-order valence-corrected chi connectivity index (χ1v) is 17.3. The molecule has 0 atom stereocenters. The van der Waals surface area contributed by atoms with Crippen LogP contribution in [0.15, 0.2) is 165 Å². The Kier molecular flexibility index (Phi) is 5.41. The van der Waals surface area contributed by atoms with Crippen molar-refractivity contribution in [3.05, 3.63) is 152 Å². The summed E-state index contributed by atoms with van der Waals surface area (Å²) in [5.74, 6) is 0.551. The molecule has 0 saturated carbocycles. The lowest BCUT2D eigenvalue weighted by Crippen LogP contribution is -1.94. The lowest BCUT2D eigenvalue weighted by molar-refractivity contribution is 0.662. The van der Waals surface area contributed by atoms with Crippen molar-refractivity contribution in [2.45, 2.75) is 0 Å². The van der Waals surface area contributed by atoms with Gasteiger partial charge in [-0.1, -0.05) is 97.1 Å². The minimum Gasteiger partial charge on any atom is -0.455 e. The van der Waals surface area contributed by atoms with Crippen molar-refractivity contribution in [2.24, 2.45) is 0 Å². The first kappa shape index (κ1) is 27.6. The molecule has 0 bridgehead atoms. The molecule has 0 aliphatic heterocycles. The molecular formula is C46H25N3O3. The maximum absolute atomic E-state index is 6.88. The number of para-hydroxylation sites is 6. The third-order valence-electron chi connectivity index (χ3n) is 10.4. The highest BCUT2D eigenvalue weighted by Crippen LogP contribution is 2.44. The number of benzene rings is 7.